The molecule has 0 amide bonds. The van der Waals surface area contributed by atoms with Gasteiger partial charge in [0.25, 0.3) is 10.0 Å². The molecular weight excluding hydrogens is 336 g/mol. The van der Waals surface area contributed by atoms with Gasteiger partial charge in [-0.3, -0.25) is 0 Å². The minimum atomic E-state index is -3.76. The number of imidazole rings is 1. The molecule has 0 atom stereocenters. The van der Waals surface area contributed by atoms with Crippen molar-refractivity contribution < 1.29 is 17.9 Å². The Balaban J connectivity index is 2.68. The molecular formula is C11H11BrN2O4S. The van der Waals surface area contributed by atoms with Crippen LogP contribution in [0.25, 0.3) is 0 Å². The van der Waals surface area contributed by atoms with E-state index in [-0.39, 0.29) is 10.6 Å². The smallest absolute Gasteiger partial charge is 0.272 e. The van der Waals surface area contributed by atoms with Crippen molar-refractivity contribution >= 4 is 26.0 Å². The molecule has 0 saturated carbocycles. The van der Waals surface area contributed by atoms with E-state index in [0.717, 1.165) is 3.97 Å². The number of benzene rings is 1. The Morgan fingerprint density at radius 2 is 1.89 bits per heavy atom. The Bertz CT molecular complexity index is 683. The van der Waals surface area contributed by atoms with Crippen molar-refractivity contribution in [3.8, 4) is 11.5 Å². The monoisotopic (exact) mass is 346 g/mol. The number of hydrogen-bond donors (Lipinski definition) is 0. The molecule has 6 nitrogen and oxygen atoms in total. The highest BCUT2D eigenvalue weighted by Gasteiger charge is 2.23. The van der Waals surface area contributed by atoms with Gasteiger partial charge in [-0.15, -0.1) is 0 Å². The summed E-state index contributed by atoms with van der Waals surface area (Å²) in [4.78, 5) is 3.74. The van der Waals surface area contributed by atoms with Gasteiger partial charge >= 0.3 is 0 Å². The van der Waals surface area contributed by atoms with Gasteiger partial charge in [0.2, 0.25) is 0 Å². The molecule has 0 saturated heterocycles. The third-order valence-corrected chi connectivity index (χ3v) is 4.74. The predicted octanol–water partition coefficient (Wildman–Crippen LogP) is 1.90. The quantitative estimate of drug-likeness (QED) is 0.845. The minimum Gasteiger partial charge on any atom is -0.496 e. The molecule has 1 aromatic carbocycles. The minimum absolute atomic E-state index is 0.00745. The summed E-state index contributed by atoms with van der Waals surface area (Å²) >= 11 is 3.28. The van der Waals surface area contributed by atoms with Crippen LogP contribution in [-0.2, 0) is 10.0 Å². The lowest BCUT2D eigenvalue weighted by molar-refractivity contribution is 0.390. The lowest BCUT2D eigenvalue weighted by Gasteiger charge is -2.12. The Morgan fingerprint density at radius 1 is 1.21 bits per heavy atom. The summed E-state index contributed by atoms with van der Waals surface area (Å²) in [5.74, 6) is 0.626. The topological polar surface area (TPSA) is 70.4 Å². The maximum atomic E-state index is 12.4. The van der Waals surface area contributed by atoms with Gasteiger partial charge in [-0.25, -0.2) is 17.4 Å². The second kappa shape index (κ2) is 5.22. The average Bonchev–Trinajstić information content (AvgIpc) is 2.92. The van der Waals surface area contributed by atoms with Crippen LogP contribution in [0.15, 0.2) is 40.2 Å². The van der Waals surface area contributed by atoms with E-state index >= 15 is 0 Å². The van der Waals surface area contributed by atoms with E-state index in [2.05, 4.69) is 20.9 Å². The highest BCUT2D eigenvalue weighted by Crippen LogP contribution is 2.35. The van der Waals surface area contributed by atoms with Crippen LogP contribution < -0.4 is 9.47 Å². The summed E-state index contributed by atoms with van der Waals surface area (Å²) in [7, 11) is -0.897. The van der Waals surface area contributed by atoms with Crippen LogP contribution in [0.4, 0.5) is 0 Å². The van der Waals surface area contributed by atoms with Gasteiger partial charge in [0.15, 0.2) is 0 Å². The van der Waals surface area contributed by atoms with Crippen molar-refractivity contribution in [2.45, 2.75) is 4.90 Å². The number of rotatable bonds is 4. The van der Waals surface area contributed by atoms with Crippen molar-refractivity contribution in [3.05, 3.63) is 35.3 Å². The molecule has 2 aromatic rings. The van der Waals surface area contributed by atoms with E-state index in [4.69, 9.17) is 9.47 Å². The highest BCUT2D eigenvalue weighted by atomic mass is 79.9. The number of aromatic nitrogens is 2. The molecule has 0 N–H and O–H groups in total. The van der Waals surface area contributed by atoms with Gasteiger partial charge in [0.1, 0.15) is 22.7 Å². The van der Waals surface area contributed by atoms with E-state index in [0.29, 0.717) is 10.2 Å². The van der Waals surface area contributed by atoms with Gasteiger partial charge in [-0.2, -0.15) is 0 Å². The summed E-state index contributed by atoms with van der Waals surface area (Å²) < 4.78 is 36.7. The van der Waals surface area contributed by atoms with E-state index in [1.165, 1.54) is 39.0 Å². The number of nitrogens with zero attached hydrogens (tertiary/aromatic N) is 2. The summed E-state index contributed by atoms with van der Waals surface area (Å²) in [5, 5.41) is 0. The maximum absolute atomic E-state index is 12.4. The van der Waals surface area contributed by atoms with Crippen molar-refractivity contribution in [1.29, 1.82) is 0 Å². The van der Waals surface area contributed by atoms with E-state index in [1.54, 1.807) is 6.07 Å². The fourth-order valence-electron chi connectivity index (χ4n) is 1.54. The fraction of sp³-hybridized carbons (Fsp3) is 0.182. The average molecular weight is 347 g/mol. The fourth-order valence-corrected chi connectivity index (χ4v) is 3.29. The van der Waals surface area contributed by atoms with Crippen LogP contribution in [0.5, 0.6) is 11.5 Å². The summed E-state index contributed by atoms with van der Waals surface area (Å²) in [6.45, 7) is 0. The molecule has 0 unspecified atom stereocenters. The molecule has 1 aromatic heterocycles. The molecule has 0 bridgehead atoms. The van der Waals surface area contributed by atoms with Crippen LogP contribution in [0.2, 0.25) is 0 Å². The molecule has 0 aliphatic carbocycles. The molecule has 102 valence electrons. The Hall–Kier alpha value is -1.54. The van der Waals surface area contributed by atoms with Crippen LogP contribution in [0.1, 0.15) is 0 Å². The van der Waals surface area contributed by atoms with E-state index in [9.17, 15) is 8.42 Å². The molecule has 0 spiro atoms. The predicted molar refractivity (Wildman–Crippen MR) is 72.1 cm³/mol. The first kappa shape index (κ1) is 13.9. The second-order valence-electron chi connectivity index (χ2n) is 3.54. The normalized spacial score (nSPS) is 11.3. The van der Waals surface area contributed by atoms with Crippen molar-refractivity contribution in [3.63, 3.8) is 0 Å². The van der Waals surface area contributed by atoms with Crippen molar-refractivity contribution in [2.24, 2.45) is 0 Å². The zero-order valence-electron chi connectivity index (χ0n) is 10.2. The maximum Gasteiger partial charge on any atom is 0.272 e. The Morgan fingerprint density at radius 3 is 2.42 bits per heavy atom. The van der Waals surface area contributed by atoms with Crippen LogP contribution >= 0.6 is 15.9 Å². The zero-order valence-corrected chi connectivity index (χ0v) is 12.6. The van der Waals surface area contributed by atoms with Gasteiger partial charge in [0.05, 0.1) is 18.7 Å². The molecule has 19 heavy (non-hydrogen) atoms. The Kier molecular flexibility index (Phi) is 3.81. The van der Waals surface area contributed by atoms with E-state index in [1.807, 2.05) is 0 Å². The third-order valence-electron chi connectivity index (χ3n) is 2.47. The van der Waals surface area contributed by atoms with Gasteiger partial charge in [-0.1, -0.05) is 0 Å². The first-order valence-corrected chi connectivity index (χ1v) is 7.39. The Labute approximate surface area is 119 Å². The molecule has 8 heteroatoms. The number of ether oxygens (including phenoxy) is 2. The first-order chi connectivity index (χ1) is 9.00. The molecule has 2 rings (SSSR count). The zero-order chi connectivity index (χ0) is 14.0. The molecule has 0 fully saturated rings. The van der Waals surface area contributed by atoms with E-state index < -0.39 is 10.0 Å². The van der Waals surface area contributed by atoms with Crippen molar-refractivity contribution in [1.82, 2.24) is 8.96 Å². The molecule has 0 aliphatic rings. The van der Waals surface area contributed by atoms with Crippen LogP contribution in [0, 0.1) is 0 Å². The molecule has 0 radical (unpaired) electrons. The standard InChI is InChI=1S/C11H11BrN2O4S/c1-17-9-6-11(10(18-2)5-8(9)12)19(15,16)14-4-3-13-7-14/h3-7H,1-2H3. The van der Waals surface area contributed by atoms with Gasteiger partial charge in [0, 0.05) is 18.5 Å². The summed E-state index contributed by atoms with van der Waals surface area (Å²) in [6.07, 6.45) is 3.95. The van der Waals surface area contributed by atoms with Gasteiger partial charge in [-0.05, 0) is 22.0 Å². The van der Waals surface area contributed by atoms with Crippen LogP contribution in [0.3, 0.4) is 0 Å². The lowest BCUT2D eigenvalue weighted by atomic mass is 10.3. The second-order valence-corrected chi connectivity index (χ2v) is 6.20. The van der Waals surface area contributed by atoms with Crippen molar-refractivity contribution in [2.75, 3.05) is 14.2 Å². The molecule has 0 aliphatic heterocycles. The largest absolute Gasteiger partial charge is 0.496 e. The number of hydrogen-bond acceptors (Lipinski definition) is 5. The molecule has 1 heterocycles. The van der Waals surface area contributed by atoms with Gasteiger partial charge < -0.3 is 9.47 Å². The lowest BCUT2D eigenvalue weighted by Crippen LogP contribution is -2.12. The van der Waals surface area contributed by atoms with Crippen LogP contribution in [-0.4, -0.2) is 31.6 Å². The summed E-state index contributed by atoms with van der Waals surface area (Å²) in [5.41, 5.74) is 0. The third kappa shape index (κ3) is 2.45. The number of methoxy groups -OCH3 is 2. The highest BCUT2D eigenvalue weighted by molar-refractivity contribution is 9.10. The first-order valence-electron chi connectivity index (χ1n) is 5.15. The SMILES string of the molecule is COc1cc(S(=O)(=O)n2ccnc2)c(OC)cc1Br. The summed E-state index contributed by atoms with van der Waals surface area (Å²) in [6, 6.07) is 2.95. The number of halogens is 1.